The Morgan fingerprint density at radius 1 is 1.50 bits per heavy atom. The quantitative estimate of drug-likeness (QED) is 0.641. The van der Waals surface area contributed by atoms with Gasteiger partial charge < -0.3 is 4.74 Å². The standard InChI is InChI=1S/C15H12BrN3O2S/c1-10(14-3-2-6-22-14)18-19-15(20)9-21-13-5-4-12(16)7-11(13)8-17/h2-7H,9H2,1H3,(H,19,20)/b18-10-. The van der Waals surface area contributed by atoms with Gasteiger partial charge in [-0.15, -0.1) is 11.3 Å². The summed E-state index contributed by atoms with van der Waals surface area (Å²) < 4.78 is 6.12. The van der Waals surface area contributed by atoms with Gasteiger partial charge in [-0.25, -0.2) is 5.43 Å². The minimum Gasteiger partial charge on any atom is -0.482 e. The first-order valence-electron chi connectivity index (χ1n) is 6.29. The third-order valence-corrected chi connectivity index (χ3v) is 4.12. The second kappa shape index (κ2) is 7.73. The van der Waals surface area contributed by atoms with Crippen LogP contribution >= 0.6 is 27.3 Å². The lowest BCUT2D eigenvalue weighted by molar-refractivity contribution is -0.123. The molecule has 0 aliphatic heterocycles. The highest BCUT2D eigenvalue weighted by Gasteiger charge is 2.07. The minimum atomic E-state index is -0.386. The van der Waals surface area contributed by atoms with Crippen LogP contribution in [0.3, 0.4) is 0 Å². The van der Waals surface area contributed by atoms with Crippen molar-refractivity contribution in [1.82, 2.24) is 5.43 Å². The van der Waals surface area contributed by atoms with Crippen molar-refractivity contribution < 1.29 is 9.53 Å². The van der Waals surface area contributed by atoms with Crippen molar-refractivity contribution in [2.45, 2.75) is 6.92 Å². The Kier molecular flexibility index (Phi) is 5.69. The topological polar surface area (TPSA) is 74.5 Å². The fourth-order valence-electron chi connectivity index (χ4n) is 1.58. The van der Waals surface area contributed by atoms with Gasteiger partial charge in [0.25, 0.3) is 5.91 Å². The molecule has 0 saturated heterocycles. The monoisotopic (exact) mass is 377 g/mol. The van der Waals surface area contributed by atoms with Gasteiger partial charge in [-0.3, -0.25) is 4.79 Å². The Morgan fingerprint density at radius 3 is 3.00 bits per heavy atom. The van der Waals surface area contributed by atoms with Crippen molar-refractivity contribution in [3.05, 3.63) is 50.6 Å². The van der Waals surface area contributed by atoms with Gasteiger partial charge >= 0.3 is 0 Å². The number of thiophene rings is 1. The maximum atomic E-state index is 11.7. The number of carbonyl (C=O) groups excluding carboxylic acids is 1. The van der Waals surface area contributed by atoms with Gasteiger partial charge in [0.1, 0.15) is 11.8 Å². The van der Waals surface area contributed by atoms with Gasteiger partial charge in [0.2, 0.25) is 0 Å². The summed E-state index contributed by atoms with van der Waals surface area (Å²) in [4.78, 5) is 12.7. The number of nitrogens with zero attached hydrogens (tertiary/aromatic N) is 2. The SMILES string of the molecule is C/C(=N/NC(=O)COc1ccc(Br)cc1C#N)c1cccs1. The molecule has 5 nitrogen and oxygen atoms in total. The molecule has 1 aromatic carbocycles. The van der Waals surface area contributed by atoms with Gasteiger partial charge in [0, 0.05) is 9.35 Å². The summed E-state index contributed by atoms with van der Waals surface area (Å²) in [6.45, 7) is 1.60. The summed E-state index contributed by atoms with van der Waals surface area (Å²) in [5, 5.41) is 15.0. The molecule has 22 heavy (non-hydrogen) atoms. The van der Waals surface area contributed by atoms with Crippen LogP contribution in [0, 0.1) is 11.3 Å². The molecule has 0 atom stereocenters. The lowest BCUT2D eigenvalue weighted by atomic mass is 10.2. The second-order valence-electron chi connectivity index (χ2n) is 4.25. The number of ether oxygens (including phenoxy) is 1. The Balaban J connectivity index is 1.91. The van der Waals surface area contributed by atoms with Gasteiger partial charge in [0.05, 0.1) is 11.3 Å². The number of amides is 1. The lowest BCUT2D eigenvalue weighted by Gasteiger charge is -2.07. The fourth-order valence-corrected chi connectivity index (χ4v) is 2.61. The zero-order chi connectivity index (χ0) is 15.9. The number of benzene rings is 1. The van der Waals surface area contributed by atoms with Crippen molar-refractivity contribution in [2.75, 3.05) is 6.61 Å². The minimum absolute atomic E-state index is 0.211. The smallest absolute Gasteiger partial charge is 0.277 e. The molecular weight excluding hydrogens is 366 g/mol. The predicted molar refractivity (Wildman–Crippen MR) is 89.0 cm³/mol. The summed E-state index contributed by atoms with van der Waals surface area (Å²) >= 11 is 4.82. The van der Waals surface area contributed by atoms with E-state index in [1.807, 2.05) is 30.5 Å². The first kappa shape index (κ1) is 16.2. The molecule has 0 spiro atoms. The normalized spacial score (nSPS) is 10.9. The summed E-state index contributed by atoms with van der Waals surface area (Å²) in [5.41, 5.74) is 3.52. The molecule has 0 unspecified atom stereocenters. The van der Waals surface area contributed by atoms with Crippen LogP contribution in [0.5, 0.6) is 5.75 Å². The first-order valence-corrected chi connectivity index (χ1v) is 7.97. The Bertz CT molecular complexity index is 736. The largest absolute Gasteiger partial charge is 0.482 e. The fraction of sp³-hybridized carbons (Fsp3) is 0.133. The lowest BCUT2D eigenvalue weighted by Crippen LogP contribution is -2.25. The van der Waals surface area contributed by atoms with Gasteiger partial charge in [-0.05, 0) is 36.6 Å². The predicted octanol–water partition coefficient (Wildman–Crippen LogP) is 3.30. The molecule has 0 aliphatic rings. The number of rotatable bonds is 5. The van der Waals surface area contributed by atoms with Crippen LogP contribution in [0.2, 0.25) is 0 Å². The van der Waals surface area contributed by atoms with Crippen LogP contribution in [0.25, 0.3) is 0 Å². The summed E-state index contributed by atoms with van der Waals surface area (Å²) in [5.74, 6) is -0.0254. The van der Waals surface area contributed by atoms with Crippen molar-refractivity contribution in [3.63, 3.8) is 0 Å². The highest BCUT2D eigenvalue weighted by molar-refractivity contribution is 9.10. The molecule has 1 aromatic heterocycles. The Hall–Kier alpha value is -2.17. The number of carbonyl (C=O) groups is 1. The third kappa shape index (κ3) is 4.41. The average Bonchev–Trinajstić information content (AvgIpc) is 3.05. The first-order chi connectivity index (χ1) is 10.6. The van der Waals surface area contributed by atoms with Crippen LogP contribution in [-0.4, -0.2) is 18.2 Å². The van der Waals surface area contributed by atoms with E-state index < -0.39 is 0 Å². The summed E-state index contributed by atoms with van der Waals surface area (Å²) in [6.07, 6.45) is 0. The van der Waals surface area contributed by atoms with E-state index in [9.17, 15) is 4.79 Å². The molecule has 0 aliphatic carbocycles. The van der Waals surface area contributed by atoms with Crippen molar-refractivity contribution in [1.29, 1.82) is 5.26 Å². The van der Waals surface area contributed by atoms with Crippen molar-refractivity contribution in [3.8, 4) is 11.8 Å². The van der Waals surface area contributed by atoms with Crippen LogP contribution in [0.1, 0.15) is 17.4 Å². The number of hydrogen-bond acceptors (Lipinski definition) is 5. The van der Waals surface area contributed by atoms with Crippen LogP contribution in [0.15, 0.2) is 45.3 Å². The van der Waals surface area contributed by atoms with E-state index in [0.29, 0.717) is 11.3 Å². The van der Waals surface area contributed by atoms with E-state index in [1.54, 1.807) is 29.5 Å². The van der Waals surface area contributed by atoms with Crippen LogP contribution in [-0.2, 0) is 4.79 Å². The van der Waals surface area contributed by atoms with Crippen LogP contribution in [0.4, 0.5) is 0 Å². The third-order valence-electron chi connectivity index (χ3n) is 2.65. The maximum Gasteiger partial charge on any atom is 0.277 e. The molecule has 1 N–H and O–H groups in total. The molecule has 1 amide bonds. The van der Waals surface area contributed by atoms with E-state index in [0.717, 1.165) is 15.1 Å². The number of hydrazone groups is 1. The summed E-state index contributed by atoms with van der Waals surface area (Å²) in [6, 6.07) is 10.9. The van der Waals surface area contributed by atoms with Gasteiger partial charge in [-0.1, -0.05) is 22.0 Å². The number of nitrogens with one attached hydrogen (secondary N) is 1. The molecule has 7 heteroatoms. The molecule has 0 saturated carbocycles. The molecule has 2 rings (SSSR count). The van der Waals surface area contributed by atoms with E-state index in [-0.39, 0.29) is 12.5 Å². The Labute approximate surface area is 140 Å². The van der Waals surface area contributed by atoms with Gasteiger partial charge in [-0.2, -0.15) is 10.4 Å². The maximum absolute atomic E-state index is 11.7. The number of hydrogen-bond donors (Lipinski definition) is 1. The van der Waals surface area contributed by atoms with Gasteiger partial charge in [0.15, 0.2) is 6.61 Å². The zero-order valence-corrected chi connectivity index (χ0v) is 14.1. The molecule has 0 radical (unpaired) electrons. The van der Waals surface area contributed by atoms with Crippen molar-refractivity contribution >= 4 is 38.9 Å². The molecule has 2 aromatic rings. The summed E-state index contributed by atoms with van der Waals surface area (Å²) in [7, 11) is 0. The second-order valence-corrected chi connectivity index (χ2v) is 6.11. The van der Waals surface area contributed by atoms with E-state index in [2.05, 4.69) is 26.5 Å². The van der Waals surface area contributed by atoms with E-state index in [4.69, 9.17) is 10.00 Å². The highest BCUT2D eigenvalue weighted by atomic mass is 79.9. The zero-order valence-electron chi connectivity index (χ0n) is 11.7. The number of nitriles is 1. The molecule has 0 bridgehead atoms. The number of halogens is 1. The van der Waals surface area contributed by atoms with Crippen molar-refractivity contribution in [2.24, 2.45) is 5.10 Å². The molecule has 0 fully saturated rings. The Morgan fingerprint density at radius 2 is 2.32 bits per heavy atom. The molecule has 1 heterocycles. The molecular formula is C15H12BrN3O2S. The van der Waals surface area contributed by atoms with Crippen LogP contribution < -0.4 is 10.2 Å². The van der Waals surface area contributed by atoms with E-state index >= 15 is 0 Å². The highest BCUT2D eigenvalue weighted by Crippen LogP contribution is 2.22. The average molecular weight is 378 g/mol. The molecule has 112 valence electrons. The van der Waals surface area contributed by atoms with E-state index in [1.165, 1.54) is 0 Å².